The van der Waals surface area contributed by atoms with E-state index in [1.165, 1.54) is 0 Å². The van der Waals surface area contributed by atoms with Crippen LogP contribution in [0.2, 0.25) is 0 Å². The number of aliphatic carboxylic acids is 1. The number of primary amides is 1. The van der Waals surface area contributed by atoms with E-state index in [4.69, 9.17) is 16.6 Å². The highest BCUT2D eigenvalue weighted by molar-refractivity contribution is 5.86. The maximum atomic E-state index is 11.4. The highest BCUT2D eigenvalue weighted by Gasteiger charge is 2.17. The van der Waals surface area contributed by atoms with E-state index in [1.54, 1.807) is 0 Å². The lowest BCUT2D eigenvalue weighted by Gasteiger charge is -2.14. The van der Waals surface area contributed by atoms with Crippen LogP contribution in [0.15, 0.2) is 0 Å². The summed E-state index contributed by atoms with van der Waals surface area (Å²) in [5.74, 6) is -1.93. The topological polar surface area (TPSA) is 136 Å². The molecule has 0 saturated heterocycles. The Morgan fingerprint density at radius 3 is 2.29 bits per heavy atom. The maximum Gasteiger partial charge on any atom is 0.303 e. The average Bonchev–Trinajstić information content (AvgIpc) is 2.23. The predicted molar refractivity (Wildman–Crippen MR) is 60.9 cm³/mol. The first-order chi connectivity index (χ1) is 7.97. The molecule has 98 valence electrons. The quantitative estimate of drug-likeness (QED) is 0.411. The SMILES string of the molecule is NCCCC(NC(=O)CCCC(=O)O)C(N)=O. The summed E-state index contributed by atoms with van der Waals surface area (Å²) in [4.78, 5) is 32.6. The van der Waals surface area contributed by atoms with Crippen LogP contribution in [0.4, 0.5) is 0 Å². The monoisotopic (exact) mass is 245 g/mol. The molecule has 0 heterocycles. The molecule has 0 aliphatic rings. The third-order valence-electron chi connectivity index (χ3n) is 2.17. The molecule has 1 atom stereocenters. The third kappa shape index (κ3) is 8.21. The fourth-order valence-electron chi connectivity index (χ4n) is 1.27. The molecule has 6 N–H and O–H groups in total. The lowest BCUT2D eigenvalue weighted by atomic mass is 10.1. The Labute approximate surface area is 99.5 Å². The highest BCUT2D eigenvalue weighted by atomic mass is 16.4. The van der Waals surface area contributed by atoms with Gasteiger partial charge in [0, 0.05) is 12.8 Å². The van der Waals surface area contributed by atoms with Crippen LogP contribution in [0.3, 0.4) is 0 Å². The molecule has 0 aliphatic carbocycles. The first kappa shape index (κ1) is 15.4. The number of carboxylic acids is 1. The van der Waals surface area contributed by atoms with Crippen LogP contribution in [0, 0.1) is 0 Å². The molecule has 7 heteroatoms. The van der Waals surface area contributed by atoms with Crippen molar-refractivity contribution in [2.45, 2.75) is 38.1 Å². The van der Waals surface area contributed by atoms with E-state index in [2.05, 4.69) is 5.32 Å². The van der Waals surface area contributed by atoms with E-state index in [0.29, 0.717) is 19.4 Å². The minimum absolute atomic E-state index is 0.0682. The molecule has 1 unspecified atom stereocenters. The van der Waals surface area contributed by atoms with Crippen molar-refractivity contribution >= 4 is 17.8 Å². The summed E-state index contributed by atoms with van der Waals surface area (Å²) in [5, 5.41) is 10.9. The number of carbonyl (C=O) groups is 3. The van der Waals surface area contributed by atoms with Crippen molar-refractivity contribution in [2.75, 3.05) is 6.54 Å². The zero-order valence-electron chi connectivity index (χ0n) is 9.65. The summed E-state index contributed by atoms with van der Waals surface area (Å²) in [6.45, 7) is 0.415. The van der Waals surface area contributed by atoms with E-state index in [9.17, 15) is 14.4 Å². The van der Waals surface area contributed by atoms with Crippen molar-refractivity contribution in [3.8, 4) is 0 Å². The Kier molecular flexibility index (Phi) is 7.70. The van der Waals surface area contributed by atoms with E-state index < -0.39 is 17.9 Å². The number of nitrogens with one attached hydrogen (secondary N) is 1. The molecule has 0 bridgehead atoms. The van der Waals surface area contributed by atoms with Gasteiger partial charge < -0.3 is 21.9 Å². The van der Waals surface area contributed by atoms with Gasteiger partial charge in [-0.15, -0.1) is 0 Å². The van der Waals surface area contributed by atoms with Crippen molar-refractivity contribution in [1.82, 2.24) is 5.32 Å². The number of carboxylic acid groups (broad SMARTS) is 1. The number of amides is 2. The Morgan fingerprint density at radius 2 is 1.82 bits per heavy atom. The number of nitrogens with two attached hydrogens (primary N) is 2. The summed E-state index contributed by atoms with van der Waals surface area (Å²) in [6.07, 6.45) is 1.22. The van der Waals surface area contributed by atoms with Gasteiger partial charge in [0.25, 0.3) is 0 Å². The predicted octanol–water partition coefficient (Wildman–Crippen LogP) is -1.05. The van der Waals surface area contributed by atoms with E-state index in [0.717, 1.165) is 0 Å². The van der Waals surface area contributed by atoms with Gasteiger partial charge in [-0.2, -0.15) is 0 Å². The van der Waals surface area contributed by atoms with Gasteiger partial charge in [0.05, 0.1) is 0 Å². The fraction of sp³-hybridized carbons (Fsp3) is 0.700. The summed E-state index contributed by atoms with van der Waals surface area (Å²) < 4.78 is 0. The second-order valence-corrected chi connectivity index (χ2v) is 3.70. The van der Waals surface area contributed by atoms with Crippen LogP contribution in [0.1, 0.15) is 32.1 Å². The number of hydrogen-bond donors (Lipinski definition) is 4. The van der Waals surface area contributed by atoms with Crippen molar-refractivity contribution in [3.63, 3.8) is 0 Å². The third-order valence-corrected chi connectivity index (χ3v) is 2.17. The molecule has 0 rings (SSSR count). The largest absolute Gasteiger partial charge is 0.481 e. The molecule has 0 spiro atoms. The summed E-state index contributed by atoms with van der Waals surface area (Å²) in [5.41, 5.74) is 10.4. The molecule has 0 saturated carbocycles. The van der Waals surface area contributed by atoms with Gasteiger partial charge in [-0.3, -0.25) is 14.4 Å². The molecule has 0 radical (unpaired) electrons. The summed E-state index contributed by atoms with van der Waals surface area (Å²) in [6, 6.07) is -0.726. The molecule has 17 heavy (non-hydrogen) atoms. The van der Waals surface area contributed by atoms with Crippen molar-refractivity contribution < 1.29 is 19.5 Å². The zero-order valence-corrected chi connectivity index (χ0v) is 9.65. The highest BCUT2D eigenvalue weighted by Crippen LogP contribution is 1.99. The van der Waals surface area contributed by atoms with Gasteiger partial charge >= 0.3 is 5.97 Å². The maximum absolute atomic E-state index is 11.4. The Hall–Kier alpha value is -1.63. The van der Waals surface area contributed by atoms with Gasteiger partial charge in [0.2, 0.25) is 11.8 Å². The van der Waals surface area contributed by atoms with Gasteiger partial charge in [0.15, 0.2) is 0 Å². The lowest BCUT2D eigenvalue weighted by molar-refractivity contribution is -0.137. The molecule has 0 aromatic carbocycles. The van der Waals surface area contributed by atoms with Crippen LogP contribution in [-0.4, -0.2) is 35.5 Å². The zero-order chi connectivity index (χ0) is 13.3. The molecule has 0 aromatic heterocycles. The van der Waals surface area contributed by atoms with E-state index in [-0.39, 0.29) is 25.2 Å². The van der Waals surface area contributed by atoms with E-state index >= 15 is 0 Å². The summed E-state index contributed by atoms with van der Waals surface area (Å²) in [7, 11) is 0. The normalized spacial score (nSPS) is 11.8. The number of rotatable bonds is 9. The molecule has 0 aromatic rings. The Morgan fingerprint density at radius 1 is 1.18 bits per heavy atom. The smallest absolute Gasteiger partial charge is 0.303 e. The van der Waals surface area contributed by atoms with Crippen LogP contribution < -0.4 is 16.8 Å². The average molecular weight is 245 g/mol. The van der Waals surface area contributed by atoms with Gasteiger partial charge in [0.1, 0.15) is 6.04 Å². The van der Waals surface area contributed by atoms with Gasteiger partial charge in [-0.05, 0) is 25.8 Å². The van der Waals surface area contributed by atoms with Crippen molar-refractivity contribution in [1.29, 1.82) is 0 Å². The van der Waals surface area contributed by atoms with Crippen molar-refractivity contribution in [2.24, 2.45) is 11.5 Å². The number of hydrogen-bond acceptors (Lipinski definition) is 4. The van der Waals surface area contributed by atoms with Gasteiger partial charge in [-0.25, -0.2) is 0 Å². The first-order valence-electron chi connectivity index (χ1n) is 5.48. The summed E-state index contributed by atoms with van der Waals surface area (Å²) >= 11 is 0. The van der Waals surface area contributed by atoms with Gasteiger partial charge in [-0.1, -0.05) is 0 Å². The number of carbonyl (C=O) groups excluding carboxylic acids is 2. The minimum atomic E-state index is -0.951. The Bertz CT molecular complexity index is 281. The van der Waals surface area contributed by atoms with Crippen LogP contribution >= 0.6 is 0 Å². The second kappa shape index (κ2) is 8.51. The molecule has 2 amide bonds. The molecule has 0 aliphatic heterocycles. The fourth-order valence-corrected chi connectivity index (χ4v) is 1.27. The molecular formula is C10H19N3O4. The second-order valence-electron chi connectivity index (χ2n) is 3.70. The van der Waals surface area contributed by atoms with Crippen LogP contribution in [0.5, 0.6) is 0 Å². The van der Waals surface area contributed by atoms with Crippen LogP contribution in [-0.2, 0) is 14.4 Å². The minimum Gasteiger partial charge on any atom is -0.481 e. The lowest BCUT2D eigenvalue weighted by Crippen LogP contribution is -2.44. The van der Waals surface area contributed by atoms with E-state index in [1.807, 2.05) is 0 Å². The molecule has 0 fully saturated rings. The van der Waals surface area contributed by atoms with Crippen LogP contribution in [0.25, 0.3) is 0 Å². The molecular weight excluding hydrogens is 226 g/mol. The van der Waals surface area contributed by atoms with Crippen molar-refractivity contribution in [3.05, 3.63) is 0 Å². The Balaban J connectivity index is 3.95. The standard InChI is InChI=1S/C10H19N3O4/c11-6-2-3-7(10(12)17)13-8(14)4-1-5-9(15)16/h7H,1-6,11H2,(H2,12,17)(H,13,14)(H,15,16). The molecule has 7 nitrogen and oxygen atoms in total. The first-order valence-corrected chi connectivity index (χ1v) is 5.48.